The number of thioether (sulfide) groups is 1. The summed E-state index contributed by atoms with van der Waals surface area (Å²) < 4.78 is 40.9. The highest BCUT2D eigenvalue weighted by Crippen LogP contribution is 2.43. The van der Waals surface area contributed by atoms with Gasteiger partial charge >= 0.3 is 6.18 Å². The van der Waals surface area contributed by atoms with Gasteiger partial charge in [-0.25, -0.2) is 0 Å². The highest BCUT2D eigenvalue weighted by atomic mass is 35.5. The fourth-order valence-corrected chi connectivity index (χ4v) is 5.59. The Morgan fingerprint density at radius 2 is 1.84 bits per heavy atom. The van der Waals surface area contributed by atoms with Gasteiger partial charge in [0.25, 0.3) is 5.91 Å². The largest absolute Gasteiger partial charge is 0.404 e. The fraction of sp³-hybridized carbons (Fsp3) is 0.357. The van der Waals surface area contributed by atoms with Gasteiger partial charge in [-0.15, -0.1) is 11.8 Å². The maximum absolute atomic E-state index is 13.6. The average Bonchev–Trinajstić information content (AvgIpc) is 3.13. The summed E-state index contributed by atoms with van der Waals surface area (Å²) in [5, 5.41) is 14.5. The Balaban J connectivity index is 1.35. The van der Waals surface area contributed by atoms with Crippen LogP contribution in [0.5, 0.6) is 0 Å². The van der Waals surface area contributed by atoms with Crippen LogP contribution >= 0.6 is 23.4 Å². The quantitative estimate of drug-likeness (QED) is 0.252. The van der Waals surface area contributed by atoms with Gasteiger partial charge in [-0.05, 0) is 49.4 Å². The Bertz CT molecular complexity index is 1310. The Kier molecular flexibility index (Phi) is 8.90. The van der Waals surface area contributed by atoms with Gasteiger partial charge in [-0.1, -0.05) is 54.8 Å². The summed E-state index contributed by atoms with van der Waals surface area (Å²) in [5.74, 6) is -0.778. The first-order valence-corrected chi connectivity index (χ1v) is 14.0. The average molecular weight is 564 g/mol. The van der Waals surface area contributed by atoms with Crippen LogP contribution in [0.25, 0.3) is 10.9 Å². The smallest absolute Gasteiger partial charge is 0.384 e. The first-order valence-electron chi connectivity index (χ1n) is 12.4. The van der Waals surface area contributed by atoms with E-state index in [0.717, 1.165) is 48.5 Å². The van der Waals surface area contributed by atoms with Crippen molar-refractivity contribution in [3.05, 3.63) is 83.0 Å². The molecule has 202 valence electrons. The van der Waals surface area contributed by atoms with Crippen molar-refractivity contribution in [2.75, 3.05) is 24.7 Å². The summed E-state index contributed by atoms with van der Waals surface area (Å²) in [6, 6.07) is 15.8. The molecule has 0 fully saturated rings. The van der Waals surface area contributed by atoms with Crippen molar-refractivity contribution < 1.29 is 23.1 Å². The second-order valence-corrected chi connectivity index (χ2v) is 10.5. The standard InChI is InChI=1S/C28H29ClF3N3O2S/c1-38-25(28(30,31)32)22-18-27(37,19-9-5-4-6-10-19)35(26(22)36)16-8-3-2-7-14-33-23-13-15-34-24-17-20(29)11-12-21(23)24/h4-6,9-13,15,17-18,25,37H,2-3,7-8,14,16H2,1H3,(H,33,34). The third-order valence-corrected chi connectivity index (χ3v) is 7.83. The second-order valence-electron chi connectivity index (χ2n) is 9.17. The molecule has 2 heterocycles. The molecule has 5 nitrogen and oxygen atoms in total. The van der Waals surface area contributed by atoms with Crippen molar-refractivity contribution in [1.82, 2.24) is 9.88 Å². The van der Waals surface area contributed by atoms with Crippen molar-refractivity contribution in [2.45, 2.75) is 42.8 Å². The normalized spacial score (nSPS) is 18.6. The van der Waals surface area contributed by atoms with E-state index in [1.165, 1.54) is 11.2 Å². The van der Waals surface area contributed by atoms with Gasteiger partial charge in [0.15, 0.2) is 5.72 Å². The van der Waals surface area contributed by atoms with Crippen LogP contribution in [0.4, 0.5) is 18.9 Å². The molecule has 2 N–H and O–H groups in total. The van der Waals surface area contributed by atoms with E-state index in [2.05, 4.69) is 10.3 Å². The van der Waals surface area contributed by atoms with E-state index in [-0.39, 0.29) is 6.54 Å². The topological polar surface area (TPSA) is 65.5 Å². The van der Waals surface area contributed by atoms with E-state index >= 15 is 0 Å². The number of pyridine rings is 1. The van der Waals surface area contributed by atoms with E-state index in [1.54, 1.807) is 36.5 Å². The lowest BCUT2D eigenvalue weighted by molar-refractivity contribution is -0.147. The zero-order valence-electron chi connectivity index (χ0n) is 20.8. The predicted octanol–water partition coefficient (Wildman–Crippen LogP) is 6.77. The highest BCUT2D eigenvalue weighted by molar-refractivity contribution is 7.99. The van der Waals surface area contributed by atoms with Crippen molar-refractivity contribution in [3.63, 3.8) is 0 Å². The molecule has 0 saturated carbocycles. The van der Waals surface area contributed by atoms with Gasteiger partial charge in [-0.3, -0.25) is 9.78 Å². The van der Waals surface area contributed by atoms with Gasteiger partial charge < -0.3 is 15.3 Å². The van der Waals surface area contributed by atoms with Gasteiger partial charge in [0, 0.05) is 46.5 Å². The third kappa shape index (κ3) is 6.11. The molecule has 2 aromatic carbocycles. The number of aromatic nitrogens is 1. The molecule has 1 aliphatic heterocycles. The van der Waals surface area contributed by atoms with E-state index in [9.17, 15) is 23.1 Å². The number of hydrogen-bond acceptors (Lipinski definition) is 5. The molecule has 0 spiro atoms. The van der Waals surface area contributed by atoms with Gasteiger partial charge in [0.2, 0.25) is 0 Å². The number of rotatable bonds is 11. The SMILES string of the molecule is CSC(C1=CC(O)(c2ccccc2)N(CCCCCCNc2ccnc3cc(Cl)ccc23)C1=O)C(F)(F)F. The molecule has 1 aliphatic rings. The first kappa shape index (κ1) is 28.3. The van der Waals surface area contributed by atoms with Crippen LogP contribution < -0.4 is 5.32 Å². The summed E-state index contributed by atoms with van der Waals surface area (Å²) in [5.41, 5.74) is -0.202. The number of halogens is 4. The van der Waals surface area contributed by atoms with Crippen molar-refractivity contribution >= 4 is 45.9 Å². The van der Waals surface area contributed by atoms with Gasteiger partial charge in [0.1, 0.15) is 5.25 Å². The Morgan fingerprint density at radius 3 is 2.55 bits per heavy atom. The molecule has 0 saturated heterocycles. The second kappa shape index (κ2) is 12.0. The Morgan fingerprint density at radius 1 is 1.11 bits per heavy atom. The number of amides is 1. The van der Waals surface area contributed by atoms with Crippen molar-refractivity contribution in [1.29, 1.82) is 0 Å². The molecule has 0 bridgehead atoms. The summed E-state index contributed by atoms with van der Waals surface area (Å²) in [6.45, 7) is 0.872. The fourth-order valence-electron chi connectivity index (χ4n) is 4.73. The molecule has 1 amide bonds. The number of unbranched alkanes of at least 4 members (excludes halogenated alkanes) is 3. The maximum atomic E-state index is 13.6. The number of hydrogen-bond donors (Lipinski definition) is 2. The number of nitrogens with zero attached hydrogens (tertiary/aromatic N) is 2. The van der Waals surface area contributed by atoms with Crippen LogP contribution in [-0.4, -0.2) is 51.7 Å². The van der Waals surface area contributed by atoms with Crippen LogP contribution in [0.2, 0.25) is 5.02 Å². The number of carbonyl (C=O) groups excluding carboxylic acids is 1. The summed E-state index contributed by atoms with van der Waals surface area (Å²) in [6.07, 6.45) is 2.53. The van der Waals surface area contributed by atoms with Crippen LogP contribution in [0.3, 0.4) is 0 Å². The molecule has 38 heavy (non-hydrogen) atoms. The minimum atomic E-state index is -4.60. The molecule has 2 atom stereocenters. The first-order chi connectivity index (χ1) is 18.1. The number of alkyl halides is 3. The minimum Gasteiger partial charge on any atom is -0.384 e. The van der Waals surface area contributed by atoms with Crippen LogP contribution in [0, 0.1) is 0 Å². The molecular weight excluding hydrogens is 535 g/mol. The van der Waals surface area contributed by atoms with Crippen LogP contribution in [0.1, 0.15) is 31.2 Å². The van der Waals surface area contributed by atoms with Crippen molar-refractivity contribution in [3.8, 4) is 0 Å². The minimum absolute atomic E-state index is 0.145. The lowest BCUT2D eigenvalue weighted by Crippen LogP contribution is -2.45. The molecule has 0 aliphatic carbocycles. The van der Waals surface area contributed by atoms with Crippen LogP contribution in [-0.2, 0) is 10.5 Å². The third-order valence-electron chi connectivity index (χ3n) is 6.60. The molecule has 10 heteroatoms. The van der Waals surface area contributed by atoms with E-state index < -0.39 is 28.6 Å². The monoisotopic (exact) mass is 563 g/mol. The molecule has 4 rings (SSSR count). The number of aliphatic hydroxyl groups is 1. The summed E-state index contributed by atoms with van der Waals surface area (Å²) in [4.78, 5) is 18.7. The summed E-state index contributed by atoms with van der Waals surface area (Å²) >= 11 is 6.59. The highest BCUT2D eigenvalue weighted by Gasteiger charge is 2.52. The maximum Gasteiger partial charge on any atom is 0.404 e. The molecule has 0 radical (unpaired) electrons. The molecule has 1 aromatic heterocycles. The number of nitrogens with one attached hydrogen (secondary N) is 1. The van der Waals surface area contributed by atoms with Crippen molar-refractivity contribution in [2.24, 2.45) is 0 Å². The number of fused-ring (bicyclic) bond motifs is 1. The number of anilines is 1. The van der Waals surface area contributed by atoms with E-state index in [4.69, 9.17) is 11.6 Å². The van der Waals surface area contributed by atoms with E-state index in [0.29, 0.717) is 28.8 Å². The molecule has 3 aromatic rings. The number of benzene rings is 2. The lowest BCUT2D eigenvalue weighted by atomic mass is 10.0. The van der Waals surface area contributed by atoms with Gasteiger partial charge in [-0.2, -0.15) is 13.2 Å². The van der Waals surface area contributed by atoms with E-state index in [1.807, 2.05) is 24.3 Å². The zero-order chi connectivity index (χ0) is 27.3. The lowest BCUT2D eigenvalue weighted by Gasteiger charge is -2.33. The summed E-state index contributed by atoms with van der Waals surface area (Å²) in [7, 11) is 0. The molecule has 2 unspecified atom stereocenters. The van der Waals surface area contributed by atoms with Gasteiger partial charge in [0.05, 0.1) is 5.52 Å². The Labute approximate surface area is 229 Å². The predicted molar refractivity (Wildman–Crippen MR) is 147 cm³/mol. The van der Waals surface area contributed by atoms with Crippen LogP contribution in [0.15, 0.2) is 72.4 Å². The number of carbonyl (C=O) groups is 1. The zero-order valence-corrected chi connectivity index (χ0v) is 22.4. The Hall–Kier alpha value is -2.75. The molecular formula is C28H29ClF3N3O2S.